The highest BCUT2D eigenvalue weighted by Crippen LogP contribution is 2.18. The van der Waals surface area contributed by atoms with Gasteiger partial charge >= 0.3 is 5.97 Å². The van der Waals surface area contributed by atoms with Crippen LogP contribution in [-0.2, 0) is 4.74 Å². The number of carbonyl (C=O) groups is 1. The van der Waals surface area contributed by atoms with Crippen LogP contribution in [0.5, 0.6) is 0 Å². The van der Waals surface area contributed by atoms with E-state index in [2.05, 4.69) is 4.98 Å². The lowest BCUT2D eigenvalue weighted by Crippen LogP contribution is -2.28. The Morgan fingerprint density at radius 3 is 2.76 bits per heavy atom. The number of rotatable bonds is 4. The Balaban J connectivity index is 2.69. The number of nitrogens with zero attached hydrogens (tertiary/aromatic N) is 2. The maximum absolute atomic E-state index is 13.9. The molecule has 2 rings (SSSR count). The van der Waals surface area contributed by atoms with Crippen molar-refractivity contribution in [2.24, 2.45) is 0 Å². The Bertz CT molecular complexity index is 730. The number of ether oxygens (including phenoxy) is 1. The summed E-state index contributed by atoms with van der Waals surface area (Å²) in [6, 6.07) is 5.81. The first kappa shape index (κ1) is 15.2. The van der Waals surface area contributed by atoms with Crippen LogP contribution in [0.4, 0.5) is 4.39 Å². The van der Waals surface area contributed by atoms with E-state index in [-0.39, 0.29) is 23.0 Å². The Kier molecular flexibility index (Phi) is 4.74. The van der Waals surface area contributed by atoms with E-state index in [0.717, 1.165) is 10.8 Å². The van der Waals surface area contributed by atoms with Crippen LogP contribution in [0.2, 0.25) is 0 Å². The van der Waals surface area contributed by atoms with Crippen LogP contribution >= 0.6 is 11.8 Å². The highest BCUT2D eigenvalue weighted by atomic mass is 32.2. The van der Waals surface area contributed by atoms with E-state index < -0.39 is 17.3 Å². The van der Waals surface area contributed by atoms with Crippen LogP contribution in [0.1, 0.15) is 17.3 Å². The van der Waals surface area contributed by atoms with Crippen LogP contribution in [0, 0.1) is 5.82 Å². The molecule has 0 amide bonds. The molecule has 0 fully saturated rings. The van der Waals surface area contributed by atoms with Crippen LogP contribution < -0.4 is 5.56 Å². The number of thioether (sulfide) groups is 1. The summed E-state index contributed by atoms with van der Waals surface area (Å²) in [5.74, 6) is -1.34. The molecule has 2 aromatic rings. The summed E-state index contributed by atoms with van der Waals surface area (Å²) in [5, 5.41) is 0.290. The monoisotopic (exact) mass is 308 g/mol. The van der Waals surface area contributed by atoms with Crippen molar-refractivity contribution in [1.29, 1.82) is 0 Å². The quantitative estimate of drug-likeness (QED) is 0.492. The van der Waals surface area contributed by atoms with Gasteiger partial charge in [-0.15, -0.1) is 0 Å². The van der Waals surface area contributed by atoms with E-state index in [4.69, 9.17) is 4.74 Å². The van der Waals surface area contributed by atoms with Gasteiger partial charge in [0.25, 0.3) is 5.56 Å². The molecular weight excluding hydrogens is 295 g/mol. The fourth-order valence-electron chi connectivity index (χ4n) is 1.78. The second-order valence-corrected chi connectivity index (χ2v) is 4.74. The van der Waals surface area contributed by atoms with Gasteiger partial charge in [-0.05, 0) is 25.3 Å². The van der Waals surface area contributed by atoms with Crippen molar-refractivity contribution < 1.29 is 13.9 Å². The minimum Gasteiger partial charge on any atom is -0.462 e. The lowest BCUT2D eigenvalue weighted by atomic mass is 10.3. The second kappa shape index (κ2) is 6.53. The van der Waals surface area contributed by atoms with Gasteiger partial charge < -0.3 is 4.74 Å². The molecule has 0 spiro atoms. The number of hydrogen-bond donors (Lipinski definition) is 0. The maximum Gasteiger partial charge on any atom is 0.345 e. The number of para-hydroxylation sites is 1. The van der Waals surface area contributed by atoms with Gasteiger partial charge in [0.2, 0.25) is 0 Å². The van der Waals surface area contributed by atoms with E-state index in [1.54, 1.807) is 19.2 Å². The normalized spacial score (nSPS) is 10.4. The third-order valence-electron chi connectivity index (χ3n) is 2.70. The van der Waals surface area contributed by atoms with Crippen molar-refractivity contribution in [3.05, 3.63) is 52.2 Å². The van der Waals surface area contributed by atoms with Crippen LogP contribution in [0.3, 0.4) is 0 Å². The zero-order chi connectivity index (χ0) is 15.4. The molecule has 0 aliphatic rings. The molecule has 1 heterocycles. The molecule has 0 unspecified atom stereocenters. The summed E-state index contributed by atoms with van der Waals surface area (Å²) in [7, 11) is 0. The van der Waals surface area contributed by atoms with Gasteiger partial charge in [0.15, 0.2) is 5.16 Å². The standard InChI is InChI=1S/C14H13FN2O3S/c1-3-20-13(19)9-8-16-14(21-2)17(12(9)18)11-7-5-4-6-10(11)15/h4-8H,3H2,1-2H3. The van der Waals surface area contributed by atoms with Gasteiger partial charge in [0, 0.05) is 0 Å². The molecule has 21 heavy (non-hydrogen) atoms. The van der Waals surface area contributed by atoms with Crippen molar-refractivity contribution in [1.82, 2.24) is 9.55 Å². The van der Waals surface area contributed by atoms with E-state index in [1.807, 2.05) is 0 Å². The average molecular weight is 308 g/mol. The topological polar surface area (TPSA) is 61.2 Å². The fraction of sp³-hybridized carbons (Fsp3) is 0.214. The summed E-state index contributed by atoms with van der Waals surface area (Å²) in [5.41, 5.74) is -0.832. The van der Waals surface area contributed by atoms with Gasteiger partial charge in [-0.1, -0.05) is 23.9 Å². The van der Waals surface area contributed by atoms with Gasteiger partial charge in [0.1, 0.15) is 11.4 Å². The molecule has 0 N–H and O–H groups in total. The van der Waals surface area contributed by atoms with Gasteiger partial charge in [0.05, 0.1) is 18.5 Å². The molecule has 5 nitrogen and oxygen atoms in total. The summed E-state index contributed by atoms with van der Waals surface area (Å²) < 4.78 is 19.8. The molecule has 0 radical (unpaired) electrons. The van der Waals surface area contributed by atoms with E-state index in [9.17, 15) is 14.0 Å². The van der Waals surface area contributed by atoms with Crippen molar-refractivity contribution in [2.45, 2.75) is 12.1 Å². The molecule has 0 saturated heterocycles. The number of halogens is 1. The lowest BCUT2D eigenvalue weighted by Gasteiger charge is -2.12. The highest BCUT2D eigenvalue weighted by Gasteiger charge is 2.19. The fourth-order valence-corrected chi connectivity index (χ4v) is 2.30. The first-order valence-corrected chi connectivity index (χ1v) is 7.40. The lowest BCUT2D eigenvalue weighted by molar-refractivity contribution is 0.0523. The smallest absolute Gasteiger partial charge is 0.345 e. The predicted molar refractivity (Wildman–Crippen MR) is 77.5 cm³/mol. The van der Waals surface area contributed by atoms with Gasteiger partial charge in [-0.25, -0.2) is 14.2 Å². The van der Waals surface area contributed by atoms with Crippen molar-refractivity contribution in [3.8, 4) is 5.69 Å². The number of aromatic nitrogens is 2. The third kappa shape index (κ3) is 2.97. The van der Waals surface area contributed by atoms with Crippen LogP contribution in [-0.4, -0.2) is 28.4 Å². The molecule has 0 aliphatic heterocycles. The molecule has 0 aliphatic carbocycles. The van der Waals surface area contributed by atoms with Gasteiger partial charge in [-0.3, -0.25) is 9.36 Å². The Hall–Kier alpha value is -2.15. The number of esters is 1. The van der Waals surface area contributed by atoms with E-state index >= 15 is 0 Å². The molecule has 7 heteroatoms. The minimum absolute atomic E-state index is 0.0468. The maximum atomic E-state index is 13.9. The first-order chi connectivity index (χ1) is 10.1. The number of benzene rings is 1. The predicted octanol–water partition coefficient (Wildman–Crippen LogP) is 2.27. The zero-order valence-electron chi connectivity index (χ0n) is 11.5. The largest absolute Gasteiger partial charge is 0.462 e. The molecule has 0 saturated carbocycles. The number of hydrogen-bond acceptors (Lipinski definition) is 5. The van der Waals surface area contributed by atoms with Crippen molar-refractivity contribution >= 4 is 17.7 Å². The van der Waals surface area contributed by atoms with Crippen LogP contribution in [0.25, 0.3) is 5.69 Å². The summed E-state index contributed by atoms with van der Waals surface area (Å²) in [6.07, 6.45) is 2.87. The Morgan fingerprint density at radius 1 is 1.43 bits per heavy atom. The summed E-state index contributed by atoms with van der Waals surface area (Å²) in [4.78, 5) is 28.3. The highest BCUT2D eigenvalue weighted by molar-refractivity contribution is 7.98. The SMILES string of the molecule is CCOC(=O)c1cnc(SC)n(-c2ccccc2F)c1=O. The van der Waals surface area contributed by atoms with E-state index in [1.165, 1.54) is 30.0 Å². The van der Waals surface area contributed by atoms with Crippen LogP contribution in [0.15, 0.2) is 40.4 Å². The minimum atomic E-state index is -0.771. The molecule has 1 aromatic carbocycles. The second-order valence-electron chi connectivity index (χ2n) is 3.97. The molecule has 1 aromatic heterocycles. The summed E-state index contributed by atoms with van der Waals surface area (Å²) in [6.45, 7) is 1.78. The first-order valence-electron chi connectivity index (χ1n) is 6.18. The molecule has 0 bridgehead atoms. The van der Waals surface area contributed by atoms with Gasteiger partial charge in [-0.2, -0.15) is 0 Å². The Morgan fingerprint density at radius 2 is 2.14 bits per heavy atom. The van der Waals surface area contributed by atoms with E-state index in [0.29, 0.717) is 0 Å². The molecular formula is C14H13FN2O3S. The molecule has 0 atom stereocenters. The zero-order valence-corrected chi connectivity index (χ0v) is 12.3. The molecule has 110 valence electrons. The summed E-state index contributed by atoms with van der Waals surface area (Å²) >= 11 is 1.18. The van der Waals surface area contributed by atoms with Crippen molar-refractivity contribution in [3.63, 3.8) is 0 Å². The van der Waals surface area contributed by atoms with Crippen molar-refractivity contribution in [2.75, 3.05) is 12.9 Å². The Labute approximate surface area is 124 Å². The third-order valence-corrected chi connectivity index (χ3v) is 3.35. The number of carbonyl (C=O) groups excluding carboxylic acids is 1. The average Bonchev–Trinajstić information content (AvgIpc) is 2.48.